The number of nitrogens with zero attached hydrogens (tertiary/aromatic N) is 1. The maximum absolute atomic E-state index is 13.5. The lowest BCUT2D eigenvalue weighted by molar-refractivity contribution is -0.126. The van der Waals surface area contributed by atoms with Crippen LogP contribution in [-0.4, -0.2) is 36.6 Å². The molecule has 1 aliphatic rings. The van der Waals surface area contributed by atoms with Crippen molar-refractivity contribution >= 4 is 29.1 Å². The Balaban J connectivity index is 2.01. The van der Waals surface area contributed by atoms with Gasteiger partial charge in [0, 0.05) is 31.8 Å². The predicted octanol–water partition coefficient (Wildman–Crippen LogP) is 1.58. The van der Waals surface area contributed by atoms with Gasteiger partial charge in [-0.15, -0.1) is 0 Å². The van der Waals surface area contributed by atoms with Crippen molar-refractivity contribution in [3.8, 4) is 0 Å². The number of carbonyl (C=O) groups excluding carboxylic acids is 2. The van der Waals surface area contributed by atoms with Gasteiger partial charge in [-0.25, -0.2) is 4.39 Å². The normalized spacial score (nSPS) is 19.4. The molecule has 0 aliphatic carbocycles. The Labute approximate surface area is 133 Å². The van der Waals surface area contributed by atoms with Crippen LogP contribution in [0.5, 0.6) is 0 Å². The fourth-order valence-electron chi connectivity index (χ4n) is 2.27. The lowest BCUT2D eigenvalue weighted by Gasteiger charge is -2.17. The number of nitrogens with one attached hydrogen (secondary N) is 1. The molecule has 1 fully saturated rings. The van der Waals surface area contributed by atoms with E-state index in [4.69, 9.17) is 16.7 Å². The second kappa shape index (κ2) is 7.07. The van der Waals surface area contributed by atoms with Crippen molar-refractivity contribution in [1.82, 2.24) is 5.32 Å². The first-order chi connectivity index (χ1) is 10.4. The van der Waals surface area contributed by atoms with Crippen LogP contribution in [0.2, 0.25) is 5.02 Å². The molecule has 1 aliphatic heterocycles. The third kappa shape index (κ3) is 3.75. The van der Waals surface area contributed by atoms with Gasteiger partial charge in [-0.2, -0.15) is 0 Å². The average Bonchev–Trinajstić information content (AvgIpc) is 2.89. The number of carbonyl (C=O) groups is 2. The molecule has 2 amide bonds. The molecule has 0 aromatic heterocycles. The molecule has 2 unspecified atom stereocenters. The van der Waals surface area contributed by atoms with Crippen LogP contribution in [0.25, 0.3) is 0 Å². The molecule has 2 rings (SSSR count). The fourth-order valence-corrected chi connectivity index (χ4v) is 2.39. The van der Waals surface area contributed by atoms with E-state index < -0.39 is 11.7 Å². The fraction of sp³-hybridized carbons (Fsp3) is 0.467. The monoisotopic (exact) mass is 328 g/mol. The maximum Gasteiger partial charge on any atom is 0.227 e. The number of benzene rings is 1. The van der Waals surface area contributed by atoms with Crippen molar-refractivity contribution < 1.29 is 19.1 Å². The standard InChI is InChI=1S/C15H18ClFN2O3/c1-9(8-20)6-18-15(22)10-4-14(21)19(7-10)11-2-3-12(16)13(17)5-11/h2-3,5,9-10,20H,4,6-8H2,1H3,(H,18,22). The Bertz CT molecular complexity index is 582. The quantitative estimate of drug-likeness (QED) is 0.862. The molecular formula is C15H18ClFN2O3. The van der Waals surface area contributed by atoms with E-state index in [0.29, 0.717) is 12.2 Å². The highest BCUT2D eigenvalue weighted by Crippen LogP contribution is 2.28. The van der Waals surface area contributed by atoms with Gasteiger partial charge in [0.05, 0.1) is 10.9 Å². The van der Waals surface area contributed by atoms with Gasteiger partial charge in [0.1, 0.15) is 5.82 Å². The first kappa shape index (κ1) is 16.7. The molecule has 2 N–H and O–H groups in total. The smallest absolute Gasteiger partial charge is 0.227 e. The maximum atomic E-state index is 13.5. The van der Waals surface area contributed by atoms with Gasteiger partial charge in [0.15, 0.2) is 0 Å². The van der Waals surface area contributed by atoms with Crippen molar-refractivity contribution in [2.75, 3.05) is 24.6 Å². The topological polar surface area (TPSA) is 69.6 Å². The van der Waals surface area contributed by atoms with Crippen LogP contribution in [0.1, 0.15) is 13.3 Å². The predicted molar refractivity (Wildman–Crippen MR) is 81.1 cm³/mol. The van der Waals surface area contributed by atoms with Gasteiger partial charge < -0.3 is 15.3 Å². The van der Waals surface area contributed by atoms with Crippen LogP contribution < -0.4 is 10.2 Å². The molecule has 22 heavy (non-hydrogen) atoms. The van der Waals surface area contributed by atoms with Crippen molar-refractivity contribution in [1.29, 1.82) is 0 Å². The summed E-state index contributed by atoms with van der Waals surface area (Å²) in [7, 11) is 0. The number of anilines is 1. The van der Waals surface area contributed by atoms with E-state index in [1.165, 1.54) is 17.0 Å². The summed E-state index contributed by atoms with van der Waals surface area (Å²) in [6, 6.07) is 4.13. The van der Waals surface area contributed by atoms with E-state index in [0.717, 1.165) is 0 Å². The minimum absolute atomic E-state index is 0.0114. The van der Waals surface area contributed by atoms with Crippen molar-refractivity contribution in [3.05, 3.63) is 29.0 Å². The van der Waals surface area contributed by atoms with Gasteiger partial charge in [0.25, 0.3) is 0 Å². The molecule has 120 valence electrons. The molecule has 1 aromatic rings. The molecule has 1 heterocycles. The lowest BCUT2D eigenvalue weighted by atomic mass is 10.1. The van der Waals surface area contributed by atoms with Crippen molar-refractivity contribution in [2.45, 2.75) is 13.3 Å². The number of rotatable bonds is 5. The van der Waals surface area contributed by atoms with Gasteiger partial charge in [-0.1, -0.05) is 18.5 Å². The summed E-state index contributed by atoms with van der Waals surface area (Å²) in [6.45, 7) is 2.36. The first-order valence-corrected chi connectivity index (χ1v) is 7.44. The molecule has 0 spiro atoms. The highest BCUT2D eigenvalue weighted by atomic mass is 35.5. The van der Waals surface area contributed by atoms with Crippen molar-refractivity contribution in [2.24, 2.45) is 11.8 Å². The first-order valence-electron chi connectivity index (χ1n) is 7.06. The summed E-state index contributed by atoms with van der Waals surface area (Å²) in [4.78, 5) is 25.5. The lowest BCUT2D eigenvalue weighted by Crippen LogP contribution is -2.36. The molecule has 0 saturated carbocycles. The number of aliphatic hydroxyl groups is 1. The second-order valence-electron chi connectivity index (χ2n) is 5.54. The molecule has 0 radical (unpaired) electrons. The van der Waals surface area contributed by atoms with E-state index in [-0.39, 0.29) is 42.3 Å². The number of amides is 2. The van der Waals surface area contributed by atoms with Gasteiger partial charge in [-0.3, -0.25) is 9.59 Å². The van der Waals surface area contributed by atoms with Gasteiger partial charge in [0.2, 0.25) is 11.8 Å². The summed E-state index contributed by atoms with van der Waals surface area (Å²) in [5, 5.41) is 11.6. The molecule has 7 heteroatoms. The van der Waals surface area contributed by atoms with Crippen LogP contribution in [0.3, 0.4) is 0 Å². The van der Waals surface area contributed by atoms with Crippen LogP contribution in [0, 0.1) is 17.7 Å². The Morgan fingerprint density at radius 3 is 2.95 bits per heavy atom. The van der Waals surface area contributed by atoms with Crippen LogP contribution in [0.15, 0.2) is 18.2 Å². The number of aliphatic hydroxyl groups excluding tert-OH is 1. The SMILES string of the molecule is CC(CO)CNC(=O)C1CC(=O)N(c2ccc(Cl)c(F)c2)C1. The van der Waals surface area contributed by atoms with Crippen molar-refractivity contribution in [3.63, 3.8) is 0 Å². The summed E-state index contributed by atoms with van der Waals surface area (Å²) in [6.07, 6.45) is 0.0869. The number of hydrogen-bond acceptors (Lipinski definition) is 3. The highest BCUT2D eigenvalue weighted by Gasteiger charge is 2.35. The Morgan fingerprint density at radius 2 is 2.32 bits per heavy atom. The Hall–Kier alpha value is -1.66. The molecule has 0 bridgehead atoms. The zero-order valence-corrected chi connectivity index (χ0v) is 12.9. The number of halogens is 2. The third-order valence-corrected chi connectivity index (χ3v) is 3.95. The van der Waals surface area contributed by atoms with Crippen LogP contribution >= 0.6 is 11.6 Å². The van der Waals surface area contributed by atoms with Crippen LogP contribution in [0.4, 0.5) is 10.1 Å². The van der Waals surface area contributed by atoms with Crippen LogP contribution in [-0.2, 0) is 9.59 Å². The molecular weight excluding hydrogens is 311 g/mol. The Morgan fingerprint density at radius 1 is 1.59 bits per heavy atom. The van der Waals surface area contributed by atoms with E-state index in [1.54, 1.807) is 6.07 Å². The zero-order chi connectivity index (χ0) is 16.3. The largest absolute Gasteiger partial charge is 0.396 e. The molecule has 1 aromatic carbocycles. The summed E-state index contributed by atoms with van der Waals surface area (Å²) < 4.78 is 13.5. The highest BCUT2D eigenvalue weighted by molar-refractivity contribution is 6.30. The van der Waals surface area contributed by atoms with Gasteiger partial charge >= 0.3 is 0 Å². The summed E-state index contributed by atoms with van der Waals surface area (Å²) in [5.74, 6) is -1.57. The van der Waals surface area contributed by atoms with E-state index in [2.05, 4.69) is 5.32 Å². The van der Waals surface area contributed by atoms with E-state index >= 15 is 0 Å². The summed E-state index contributed by atoms with van der Waals surface area (Å²) in [5.41, 5.74) is 0.394. The van der Waals surface area contributed by atoms with E-state index in [9.17, 15) is 14.0 Å². The minimum Gasteiger partial charge on any atom is -0.396 e. The summed E-state index contributed by atoms with van der Waals surface area (Å²) >= 11 is 5.62. The molecule has 2 atom stereocenters. The zero-order valence-electron chi connectivity index (χ0n) is 12.2. The minimum atomic E-state index is -0.600. The molecule has 5 nitrogen and oxygen atoms in total. The second-order valence-corrected chi connectivity index (χ2v) is 5.94. The van der Waals surface area contributed by atoms with E-state index in [1.807, 2.05) is 6.92 Å². The third-order valence-electron chi connectivity index (χ3n) is 3.65. The van der Waals surface area contributed by atoms with Gasteiger partial charge in [-0.05, 0) is 24.1 Å². The molecule has 1 saturated heterocycles. The number of hydrogen-bond donors (Lipinski definition) is 2. The average molecular weight is 329 g/mol. The Kier molecular flexibility index (Phi) is 5.37.